The monoisotopic (exact) mass is 539 g/mol. The van der Waals surface area contributed by atoms with Gasteiger partial charge in [0, 0.05) is 46.9 Å². The second kappa shape index (κ2) is 9.59. The molecule has 3 aromatic heterocycles. The lowest BCUT2D eigenvalue weighted by atomic mass is 10.0. The van der Waals surface area contributed by atoms with E-state index in [1.54, 1.807) is 6.07 Å². The van der Waals surface area contributed by atoms with Crippen LogP contribution in [0.3, 0.4) is 0 Å². The van der Waals surface area contributed by atoms with Crippen molar-refractivity contribution >= 4 is 32.5 Å². The van der Waals surface area contributed by atoms with Crippen LogP contribution >= 0.6 is 0 Å². The first-order chi connectivity index (χ1) is 18.2. The van der Waals surface area contributed by atoms with Crippen molar-refractivity contribution in [2.75, 3.05) is 11.8 Å². The maximum Gasteiger partial charge on any atom is 0.316 e. The molecule has 0 radical (unpaired) electrons. The zero-order valence-electron chi connectivity index (χ0n) is 19.4. The highest BCUT2D eigenvalue weighted by molar-refractivity contribution is 7.92. The van der Waals surface area contributed by atoms with Gasteiger partial charge in [0.15, 0.2) is 5.82 Å². The van der Waals surface area contributed by atoms with E-state index in [2.05, 4.69) is 19.9 Å². The van der Waals surface area contributed by atoms with Gasteiger partial charge in [0.25, 0.3) is 10.0 Å². The number of pyridine rings is 1. The lowest BCUT2D eigenvalue weighted by Crippen LogP contribution is -2.16. The highest BCUT2D eigenvalue weighted by Gasteiger charge is 2.26. The fourth-order valence-corrected chi connectivity index (χ4v) is 4.82. The van der Waals surface area contributed by atoms with E-state index in [0.717, 1.165) is 36.4 Å². The number of benzene rings is 2. The van der Waals surface area contributed by atoms with Gasteiger partial charge in [-0.15, -0.1) is 0 Å². The van der Waals surface area contributed by atoms with Gasteiger partial charge >= 0.3 is 6.01 Å². The molecule has 2 N–H and O–H groups in total. The Hall–Kier alpha value is -4.78. The molecule has 0 unspecified atom stereocenters. The minimum Gasteiger partial charge on any atom is -0.467 e. The largest absolute Gasteiger partial charge is 0.467 e. The van der Waals surface area contributed by atoms with Gasteiger partial charge < -0.3 is 9.72 Å². The summed E-state index contributed by atoms with van der Waals surface area (Å²) >= 11 is 0. The van der Waals surface area contributed by atoms with E-state index < -0.39 is 49.4 Å². The molecule has 9 nitrogen and oxygen atoms in total. The van der Waals surface area contributed by atoms with Gasteiger partial charge in [-0.05, 0) is 36.4 Å². The molecule has 5 aromatic rings. The summed E-state index contributed by atoms with van der Waals surface area (Å²) in [5.74, 6) is -4.51. The molecule has 38 heavy (non-hydrogen) atoms. The molecule has 0 aliphatic carbocycles. The quantitative estimate of drug-likeness (QED) is 0.292. The molecular formula is C25H16F3N5O4S. The summed E-state index contributed by atoms with van der Waals surface area (Å²) in [5.41, 5.74) is -0.434. The fraction of sp³-hybridized carbons (Fsp3) is 0.0400. The summed E-state index contributed by atoms with van der Waals surface area (Å²) in [7, 11) is -3.03. The first-order valence-electron chi connectivity index (χ1n) is 10.8. The Morgan fingerprint density at radius 2 is 1.71 bits per heavy atom. The smallest absolute Gasteiger partial charge is 0.316 e. The van der Waals surface area contributed by atoms with Gasteiger partial charge in [0.1, 0.15) is 17.3 Å². The predicted octanol–water partition coefficient (Wildman–Crippen LogP) is 4.48. The highest BCUT2D eigenvalue weighted by Crippen LogP contribution is 2.30. The standard InChI is InChI=1S/C25H16F3N5O4S/c1-37-25-31-10-14(11-32-25)13-7-17-18(12-30-24(17)29-9-13)23(34)21-19(27)5-6-20(22(21)28)33-38(35,36)16-4-2-3-15(26)8-16/h2-12,33H,1H3,(H,29,30). The number of methoxy groups -OCH3 is 1. The average molecular weight is 539 g/mol. The topological polar surface area (TPSA) is 127 Å². The fourth-order valence-electron chi connectivity index (χ4n) is 3.73. The number of hydrogen-bond donors (Lipinski definition) is 2. The van der Waals surface area contributed by atoms with Crippen LogP contribution in [0.2, 0.25) is 0 Å². The second-order valence-corrected chi connectivity index (χ2v) is 9.64. The van der Waals surface area contributed by atoms with Crippen molar-refractivity contribution in [2.45, 2.75) is 4.90 Å². The van der Waals surface area contributed by atoms with E-state index in [-0.39, 0.29) is 22.6 Å². The Bertz CT molecular complexity index is 1810. The SMILES string of the molecule is COc1ncc(-c2cnc3[nH]cc(C(=O)c4c(F)ccc(NS(=O)(=O)c5cccc(F)c5)c4F)c3c2)cn1. The Kier molecular flexibility index (Phi) is 6.28. The number of halogens is 3. The van der Waals surface area contributed by atoms with Crippen LogP contribution < -0.4 is 9.46 Å². The summed E-state index contributed by atoms with van der Waals surface area (Å²) in [5, 5.41) is 0.257. The number of ether oxygens (including phenoxy) is 1. The lowest BCUT2D eigenvalue weighted by molar-refractivity contribution is 0.103. The van der Waals surface area contributed by atoms with Crippen molar-refractivity contribution in [1.82, 2.24) is 19.9 Å². The van der Waals surface area contributed by atoms with Crippen molar-refractivity contribution in [2.24, 2.45) is 0 Å². The molecule has 0 aliphatic rings. The zero-order chi connectivity index (χ0) is 27.0. The Morgan fingerprint density at radius 3 is 2.42 bits per heavy atom. The predicted molar refractivity (Wildman–Crippen MR) is 131 cm³/mol. The minimum atomic E-state index is -4.44. The number of H-pyrrole nitrogens is 1. The average Bonchev–Trinajstić information content (AvgIpc) is 3.34. The molecule has 3 heterocycles. The van der Waals surface area contributed by atoms with Gasteiger partial charge in [-0.2, -0.15) is 0 Å². The van der Waals surface area contributed by atoms with Gasteiger partial charge in [-0.3, -0.25) is 9.52 Å². The summed E-state index contributed by atoms with van der Waals surface area (Å²) in [6.45, 7) is 0. The molecule has 0 fully saturated rings. The van der Waals surface area contributed by atoms with Crippen LogP contribution in [0.1, 0.15) is 15.9 Å². The third-order valence-electron chi connectivity index (χ3n) is 5.59. The van der Waals surface area contributed by atoms with Crippen molar-refractivity contribution < 1.29 is 31.1 Å². The summed E-state index contributed by atoms with van der Waals surface area (Å²) in [6, 6.07) is 7.35. The van der Waals surface area contributed by atoms with Gasteiger partial charge in [0.05, 0.1) is 23.3 Å². The molecule has 2 aromatic carbocycles. The summed E-state index contributed by atoms with van der Waals surface area (Å²) in [4.78, 5) is 27.9. The van der Waals surface area contributed by atoms with E-state index in [9.17, 15) is 22.0 Å². The minimum absolute atomic E-state index is 0.105. The molecule has 13 heteroatoms. The van der Waals surface area contributed by atoms with Crippen molar-refractivity contribution in [1.29, 1.82) is 0 Å². The number of hydrogen-bond acceptors (Lipinski definition) is 7. The first-order valence-corrected chi connectivity index (χ1v) is 12.3. The Morgan fingerprint density at radius 1 is 0.974 bits per heavy atom. The molecule has 0 spiro atoms. The molecule has 0 aliphatic heterocycles. The number of anilines is 1. The molecule has 0 saturated heterocycles. The van der Waals surface area contributed by atoms with Crippen LogP contribution in [0.25, 0.3) is 22.2 Å². The van der Waals surface area contributed by atoms with Gasteiger partial charge in [0.2, 0.25) is 5.78 Å². The zero-order valence-corrected chi connectivity index (χ0v) is 20.2. The number of aromatic amines is 1. The van der Waals surface area contributed by atoms with E-state index in [0.29, 0.717) is 11.1 Å². The molecule has 0 atom stereocenters. The van der Waals surface area contributed by atoms with E-state index >= 15 is 4.39 Å². The Balaban J connectivity index is 1.53. The normalized spacial score (nSPS) is 11.5. The van der Waals surface area contributed by atoms with E-state index in [1.165, 1.54) is 31.9 Å². The Labute approximate surface area is 213 Å². The number of rotatable bonds is 7. The third kappa shape index (κ3) is 4.54. The summed E-state index contributed by atoms with van der Waals surface area (Å²) in [6.07, 6.45) is 5.71. The van der Waals surface area contributed by atoms with Crippen LogP contribution in [0, 0.1) is 17.5 Å². The molecular weight excluding hydrogens is 523 g/mol. The number of carbonyl (C=O) groups excluding carboxylic acids is 1. The van der Waals surface area contributed by atoms with Crippen LogP contribution in [-0.2, 0) is 10.0 Å². The molecule has 0 amide bonds. The van der Waals surface area contributed by atoms with Crippen LogP contribution in [0.4, 0.5) is 18.9 Å². The lowest BCUT2D eigenvalue weighted by Gasteiger charge is -2.12. The van der Waals surface area contributed by atoms with Crippen LogP contribution in [0.5, 0.6) is 6.01 Å². The molecule has 0 bridgehead atoms. The second-order valence-electron chi connectivity index (χ2n) is 7.96. The van der Waals surface area contributed by atoms with Gasteiger partial charge in [-0.1, -0.05) is 6.07 Å². The van der Waals surface area contributed by atoms with Crippen LogP contribution in [0.15, 0.2) is 72.1 Å². The van der Waals surface area contributed by atoms with Crippen LogP contribution in [-0.4, -0.2) is 41.2 Å². The molecule has 0 saturated carbocycles. The summed E-state index contributed by atoms with van der Waals surface area (Å²) < 4.78 is 75.8. The van der Waals surface area contributed by atoms with Crippen molar-refractivity contribution in [3.63, 3.8) is 0 Å². The number of nitrogens with one attached hydrogen (secondary N) is 2. The maximum atomic E-state index is 15.4. The van der Waals surface area contributed by atoms with E-state index in [1.807, 2.05) is 4.72 Å². The van der Waals surface area contributed by atoms with Crippen molar-refractivity contribution in [3.8, 4) is 17.1 Å². The number of aromatic nitrogens is 4. The third-order valence-corrected chi connectivity index (χ3v) is 6.95. The van der Waals surface area contributed by atoms with Crippen molar-refractivity contribution in [3.05, 3.63) is 95.8 Å². The number of ketones is 1. The molecule has 5 rings (SSSR count). The number of fused-ring (bicyclic) bond motifs is 1. The van der Waals surface area contributed by atoms with Gasteiger partial charge in [-0.25, -0.2) is 36.5 Å². The van der Waals surface area contributed by atoms with E-state index in [4.69, 9.17) is 4.74 Å². The first kappa shape index (κ1) is 24.9. The maximum absolute atomic E-state index is 15.4. The highest BCUT2D eigenvalue weighted by atomic mass is 32.2. The molecule has 192 valence electrons. The number of carbonyl (C=O) groups is 1. The number of sulfonamides is 1. The number of nitrogens with zero attached hydrogens (tertiary/aromatic N) is 3.